The average Bonchev–Trinajstić information content (AvgIpc) is 3.46. The van der Waals surface area contributed by atoms with Gasteiger partial charge in [-0.15, -0.1) is 5.10 Å². The summed E-state index contributed by atoms with van der Waals surface area (Å²) in [5, 5.41) is 16.7. The zero-order valence-electron chi connectivity index (χ0n) is 19.4. The van der Waals surface area contributed by atoms with Crippen molar-refractivity contribution in [3.8, 4) is 5.88 Å². The normalized spacial score (nSPS) is 28.8. The molecule has 4 fully saturated rings. The number of hydrogen-bond acceptors (Lipinski definition) is 7. The number of nitrogens with one attached hydrogen (secondary N) is 3. The number of ether oxygens (including phenoxy) is 3. The van der Waals surface area contributed by atoms with Crippen molar-refractivity contribution in [3.05, 3.63) is 23.5 Å². The van der Waals surface area contributed by atoms with E-state index in [0.717, 1.165) is 30.9 Å². The van der Waals surface area contributed by atoms with E-state index < -0.39 is 25.0 Å². The fraction of sp³-hybridized carbons (Fsp3) is 0.636. The van der Waals surface area contributed by atoms with Gasteiger partial charge in [-0.25, -0.2) is 13.6 Å². The van der Waals surface area contributed by atoms with Gasteiger partial charge < -0.3 is 24.8 Å². The number of aromatic amines is 1. The van der Waals surface area contributed by atoms with E-state index in [4.69, 9.17) is 14.2 Å². The molecule has 4 aliphatic rings. The molecule has 190 valence electrons. The van der Waals surface area contributed by atoms with E-state index >= 15 is 0 Å². The summed E-state index contributed by atoms with van der Waals surface area (Å²) in [6.07, 6.45) is 0.616. The van der Waals surface area contributed by atoms with Crippen molar-refractivity contribution in [2.24, 2.45) is 13.0 Å². The SMILES string of the molecule is CO[C@H]1C[C@@H](c2cc(NC(=O)c3cc(OCC(F)F)nn3C)n[nH]2)C[C@H]1OC(=O)NC12CC(C1)C2. The monoisotopic (exact) mass is 494 g/mol. The van der Waals surface area contributed by atoms with Crippen LogP contribution in [0.5, 0.6) is 5.88 Å². The molecule has 2 aromatic heterocycles. The van der Waals surface area contributed by atoms with Crippen LogP contribution in [0, 0.1) is 5.92 Å². The van der Waals surface area contributed by atoms with Gasteiger partial charge in [-0.05, 0) is 38.0 Å². The van der Waals surface area contributed by atoms with E-state index in [1.807, 2.05) is 0 Å². The van der Waals surface area contributed by atoms with E-state index in [0.29, 0.717) is 18.7 Å². The number of alkyl carbamates (subject to hydrolysis) is 1. The number of rotatable bonds is 9. The molecule has 35 heavy (non-hydrogen) atoms. The molecule has 2 aromatic rings. The molecule has 0 aromatic carbocycles. The summed E-state index contributed by atoms with van der Waals surface area (Å²) >= 11 is 0. The van der Waals surface area contributed by atoms with Crippen LogP contribution in [-0.4, -0.2) is 69.9 Å². The molecule has 4 saturated carbocycles. The van der Waals surface area contributed by atoms with E-state index in [1.54, 1.807) is 13.2 Å². The first-order valence-corrected chi connectivity index (χ1v) is 11.6. The number of halogens is 2. The van der Waals surface area contributed by atoms with Gasteiger partial charge >= 0.3 is 6.09 Å². The number of aromatic nitrogens is 4. The minimum atomic E-state index is -2.64. The molecule has 6 rings (SSSR count). The highest BCUT2D eigenvalue weighted by molar-refractivity contribution is 6.02. The Morgan fingerprint density at radius 3 is 2.66 bits per heavy atom. The lowest BCUT2D eigenvalue weighted by molar-refractivity contribution is -0.0586. The van der Waals surface area contributed by atoms with Gasteiger partial charge in [0.25, 0.3) is 12.3 Å². The fourth-order valence-corrected chi connectivity index (χ4v) is 5.26. The van der Waals surface area contributed by atoms with E-state index in [9.17, 15) is 18.4 Å². The highest BCUT2D eigenvalue weighted by atomic mass is 19.3. The number of alkyl halides is 2. The second-order valence-electron chi connectivity index (χ2n) is 9.63. The summed E-state index contributed by atoms with van der Waals surface area (Å²) < 4.78 is 42.0. The van der Waals surface area contributed by atoms with Gasteiger partial charge in [0, 0.05) is 43.4 Å². The molecule has 3 atom stereocenters. The smallest absolute Gasteiger partial charge is 0.407 e. The maximum Gasteiger partial charge on any atom is 0.407 e. The number of aryl methyl sites for hydroxylation is 1. The highest BCUT2D eigenvalue weighted by Gasteiger charge is 2.58. The van der Waals surface area contributed by atoms with Crippen LogP contribution in [0.25, 0.3) is 0 Å². The molecular weight excluding hydrogens is 466 g/mol. The van der Waals surface area contributed by atoms with Crippen molar-refractivity contribution in [1.82, 2.24) is 25.3 Å². The summed E-state index contributed by atoms with van der Waals surface area (Å²) in [5.41, 5.74) is 0.851. The van der Waals surface area contributed by atoms with Crippen LogP contribution in [0.1, 0.15) is 54.2 Å². The summed E-state index contributed by atoms with van der Waals surface area (Å²) in [5.74, 6) is 0.462. The summed E-state index contributed by atoms with van der Waals surface area (Å²) in [4.78, 5) is 25.0. The zero-order valence-corrected chi connectivity index (χ0v) is 19.4. The second-order valence-corrected chi connectivity index (χ2v) is 9.63. The standard InChI is InChI=1S/C22H28F2N6O5/c1-30-14(6-19(29-30)34-10-17(23)24)20(31)25-18-5-13(27-28-18)12-3-15(33-2)16(4-12)35-21(32)26-22-7-11(8-22)9-22/h5-6,11-12,15-17H,3-4,7-10H2,1-2H3,(H,26,32)(H2,25,27,28,31)/t11?,12-,15+,16-,22?/m1/s1. The molecule has 0 radical (unpaired) electrons. The van der Waals surface area contributed by atoms with Gasteiger partial charge in [0.15, 0.2) is 12.4 Å². The molecule has 2 bridgehead atoms. The van der Waals surface area contributed by atoms with Crippen LogP contribution in [0.15, 0.2) is 12.1 Å². The van der Waals surface area contributed by atoms with Crippen LogP contribution in [0.2, 0.25) is 0 Å². The number of nitrogens with zero attached hydrogens (tertiary/aromatic N) is 3. The van der Waals surface area contributed by atoms with Gasteiger partial charge in [-0.3, -0.25) is 14.6 Å². The Kier molecular flexibility index (Phi) is 6.11. The third kappa shape index (κ3) is 4.81. The van der Waals surface area contributed by atoms with Gasteiger partial charge in [-0.2, -0.15) is 5.10 Å². The Morgan fingerprint density at radius 1 is 1.26 bits per heavy atom. The predicted octanol–water partition coefficient (Wildman–Crippen LogP) is 2.58. The van der Waals surface area contributed by atoms with Gasteiger partial charge in [0.1, 0.15) is 11.8 Å². The Balaban J connectivity index is 1.17. The molecule has 13 heteroatoms. The molecule has 11 nitrogen and oxygen atoms in total. The second kappa shape index (κ2) is 9.10. The van der Waals surface area contributed by atoms with Gasteiger partial charge in [-0.1, -0.05) is 0 Å². The number of amides is 2. The molecule has 0 aliphatic heterocycles. The summed E-state index contributed by atoms with van der Waals surface area (Å²) in [6.45, 7) is -0.807. The quantitative estimate of drug-likeness (QED) is 0.488. The number of H-pyrrole nitrogens is 1. The zero-order chi connectivity index (χ0) is 24.7. The minimum Gasteiger partial charge on any atom is -0.471 e. The number of carbonyl (C=O) groups excluding carboxylic acids is 2. The van der Waals surface area contributed by atoms with Crippen LogP contribution in [0.4, 0.5) is 19.4 Å². The maximum atomic E-state index is 12.6. The van der Waals surface area contributed by atoms with Crippen molar-refractivity contribution in [3.63, 3.8) is 0 Å². The van der Waals surface area contributed by atoms with Crippen LogP contribution < -0.4 is 15.4 Å². The molecule has 0 spiro atoms. The summed E-state index contributed by atoms with van der Waals surface area (Å²) in [6, 6.07) is 3.00. The predicted molar refractivity (Wildman–Crippen MR) is 117 cm³/mol. The van der Waals surface area contributed by atoms with Crippen molar-refractivity contribution in [2.75, 3.05) is 19.0 Å². The first-order chi connectivity index (χ1) is 16.7. The minimum absolute atomic E-state index is 0.00287. The lowest BCUT2D eigenvalue weighted by Gasteiger charge is -2.61. The van der Waals surface area contributed by atoms with Gasteiger partial charge in [0.05, 0.1) is 6.10 Å². The number of hydrogen-bond donors (Lipinski definition) is 3. The average molecular weight is 494 g/mol. The highest BCUT2D eigenvalue weighted by Crippen LogP contribution is 2.57. The molecular formula is C22H28F2N6O5. The first-order valence-electron chi connectivity index (χ1n) is 11.6. The number of carbonyl (C=O) groups is 2. The maximum absolute atomic E-state index is 12.6. The van der Waals surface area contributed by atoms with Crippen LogP contribution in [-0.2, 0) is 16.5 Å². The van der Waals surface area contributed by atoms with E-state index in [2.05, 4.69) is 25.9 Å². The Bertz CT molecular complexity index is 1090. The Hall–Kier alpha value is -3.22. The van der Waals surface area contributed by atoms with E-state index in [-0.39, 0.29) is 35.2 Å². The largest absolute Gasteiger partial charge is 0.471 e. The molecule has 0 unspecified atom stereocenters. The van der Waals surface area contributed by atoms with Crippen molar-refractivity contribution in [2.45, 2.75) is 62.2 Å². The number of anilines is 1. The molecule has 4 aliphatic carbocycles. The first kappa shape index (κ1) is 23.5. The summed E-state index contributed by atoms with van der Waals surface area (Å²) in [7, 11) is 3.10. The Labute approximate surface area is 199 Å². The third-order valence-corrected chi connectivity index (χ3v) is 7.14. The lowest BCUT2D eigenvalue weighted by atomic mass is 9.50. The van der Waals surface area contributed by atoms with Crippen molar-refractivity contribution >= 4 is 17.8 Å². The van der Waals surface area contributed by atoms with Crippen molar-refractivity contribution < 1.29 is 32.6 Å². The topological polar surface area (TPSA) is 132 Å². The van der Waals surface area contributed by atoms with E-state index in [1.165, 1.54) is 17.8 Å². The van der Waals surface area contributed by atoms with Gasteiger partial charge in [0.2, 0.25) is 5.88 Å². The van der Waals surface area contributed by atoms with Crippen LogP contribution in [0.3, 0.4) is 0 Å². The molecule has 0 saturated heterocycles. The Morgan fingerprint density at radius 2 is 2.00 bits per heavy atom. The lowest BCUT2D eigenvalue weighted by Crippen LogP contribution is -2.68. The van der Waals surface area contributed by atoms with Crippen LogP contribution >= 0.6 is 0 Å². The van der Waals surface area contributed by atoms with Crippen molar-refractivity contribution in [1.29, 1.82) is 0 Å². The molecule has 3 N–H and O–H groups in total. The molecule has 2 amide bonds. The number of methoxy groups -OCH3 is 1. The fourth-order valence-electron chi connectivity index (χ4n) is 5.26. The third-order valence-electron chi connectivity index (χ3n) is 7.14. The molecule has 2 heterocycles.